The van der Waals surface area contributed by atoms with Gasteiger partial charge in [0, 0.05) is 23.5 Å². The van der Waals surface area contributed by atoms with Crippen LogP contribution in [0, 0.1) is 0 Å². The highest BCUT2D eigenvalue weighted by molar-refractivity contribution is 6.07. The number of hydrogen-bond acceptors (Lipinski definition) is 5. The third-order valence-electron chi connectivity index (χ3n) is 4.19. The number of hydrogen-bond donors (Lipinski definition) is 2. The molecule has 0 aliphatic heterocycles. The Kier molecular flexibility index (Phi) is 6.42. The summed E-state index contributed by atoms with van der Waals surface area (Å²) in [5, 5.41) is 5.60. The Hall–Kier alpha value is -3.87. The van der Waals surface area contributed by atoms with Gasteiger partial charge in [0.15, 0.2) is 0 Å². The van der Waals surface area contributed by atoms with Gasteiger partial charge in [0.1, 0.15) is 11.5 Å². The van der Waals surface area contributed by atoms with Gasteiger partial charge < -0.3 is 20.1 Å². The summed E-state index contributed by atoms with van der Waals surface area (Å²) in [5.74, 6) is 0.375. The molecule has 0 fully saturated rings. The number of nitrogens with zero attached hydrogens (tertiary/aromatic N) is 1. The quantitative estimate of drug-likeness (QED) is 0.645. The first-order chi connectivity index (χ1) is 14.1. The van der Waals surface area contributed by atoms with Crippen LogP contribution in [-0.4, -0.2) is 31.0 Å². The first kappa shape index (κ1) is 19.9. The Labute approximate surface area is 168 Å². The van der Waals surface area contributed by atoms with E-state index in [0.717, 1.165) is 5.69 Å². The van der Waals surface area contributed by atoms with Gasteiger partial charge in [-0.3, -0.25) is 14.6 Å². The lowest BCUT2D eigenvalue weighted by Crippen LogP contribution is -2.23. The minimum absolute atomic E-state index is 0.256. The summed E-state index contributed by atoms with van der Waals surface area (Å²) in [6, 6.07) is 17.2. The number of methoxy groups -OCH3 is 2. The minimum Gasteiger partial charge on any atom is -0.497 e. The van der Waals surface area contributed by atoms with E-state index in [4.69, 9.17) is 9.47 Å². The van der Waals surface area contributed by atoms with E-state index in [1.54, 1.807) is 55.8 Å². The topological polar surface area (TPSA) is 89.5 Å². The van der Waals surface area contributed by atoms with Gasteiger partial charge in [-0.25, -0.2) is 0 Å². The number of ether oxygens (including phenoxy) is 2. The van der Waals surface area contributed by atoms with Gasteiger partial charge in [0.2, 0.25) is 0 Å². The molecule has 2 N–H and O–H groups in total. The number of carbonyl (C=O) groups excluding carboxylic acids is 2. The fourth-order valence-corrected chi connectivity index (χ4v) is 2.70. The fourth-order valence-electron chi connectivity index (χ4n) is 2.70. The van der Waals surface area contributed by atoms with Crippen molar-refractivity contribution in [3.63, 3.8) is 0 Å². The number of aromatic nitrogens is 1. The number of carbonyl (C=O) groups is 2. The van der Waals surface area contributed by atoms with Crippen molar-refractivity contribution in [2.45, 2.75) is 6.54 Å². The summed E-state index contributed by atoms with van der Waals surface area (Å²) in [6.07, 6.45) is 1.67. The number of nitrogens with one attached hydrogen (secondary N) is 2. The molecule has 2 amide bonds. The summed E-state index contributed by atoms with van der Waals surface area (Å²) >= 11 is 0. The Morgan fingerprint density at radius 2 is 1.79 bits per heavy atom. The van der Waals surface area contributed by atoms with Gasteiger partial charge in [0.05, 0.1) is 32.0 Å². The van der Waals surface area contributed by atoms with Gasteiger partial charge in [-0.15, -0.1) is 0 Å². The van der Waals surface area contributed by atoms with Crippen LogP contribution < -0.4 is 20.1 Å². The summed E-state index contributed by atoms with van der Waals surface area (Å²) in [4.78, 5) is 29.2. The second-order valence-electron chi connectivity index (χ2n) is 6.10. The van der Waals surface area contributed by atoms with Gasteiger partial charge in [-0.1, -0.05) is 12.1 Å². The van der Waals surface area contributed by atoms with Crippen molar-refractivity contribution in [3.05, 3.63) is 83.7 Å². The molecule has 0 atom stereocenters. The molecule has 148 valence electrons. The number of pyridine rings is 1. The molecule has 7 nitrogen and oxygen atoms in total. The zero-order valence-corrected chi connectivity index (χ0v) is 16.1. The predicted molar refractivity (Wildman–Crippen MR) is 109 cm³/mol. The third-order valence-corrected chi connectivity index (χ3v) is 4.19. The highest BCUT2D eigenvalue weighted by atomic mass is 16.5. The maximum Gasteiger partial charge on any atom is 0.259 e. The first-order valence-corrected chi connectivity index (χ1v) is 8.92. The van der Waals surface area contributed by atoms with Crippen molar-refractivity contribution < 1.29 is 19.1 Å². The highest BCUT2D eigenvalue weighted by Gasteiger charge is 2.14. The molecule has 0 aliphatic rings. The molecule has 3 rings (SSSR count). The molecule has 0 spiro atoms. The summed E-state index contributed by atoms with van der Waals surface area (Å²) < 4.78 is 10.4. The lowest BCUT2D eigenvalue weighted by Gasteiger charge is -2.11. The van der Waals surface area contributed by atoms with Crippen LogP contribution in [-0.2, 0) is 6.54 Å². The van der Waals surface area contributed by atoms with E-state index in [1.807, 2.05) is 18.2 Å². The molecule has 1 heterocycles. The van der Waals surface area contributed by atoms with Gasteiger partial charge >= 0.3 is 0 Å². The molecule has 0 bridgehead atoms. The maximum atomic E-state index is 12.6. The van der Waals surface area contributed by atoms with Crippen molar-refractivity contribution >= 4 is 17.5 Å². The van der Waals surface area contributed by atoms with E-state index in [0.29, 0.717) is 34.9 Å². The average Bonchev–Trinajstić information content (AvgIpc) is 2.77. The van der Waals surface area contributed by atoms with Crippen LogP contribution in [0.15, 0.2) is 66.9 Å². The van der Waals surface area contributed by atoms with E-state index in [-0.39, 0.29) is 11.8 Å². The molecule has 1 aromatic heterocycles. The molecule has 7 heteroatoms. The van der Waals surface area contributed by atoms with E-state index < -0.39 is 0 Å². The molecular formula is C22H21N3O4. The fraction of sp³-hybridized carbons (Fsp3) is 0.136. The van der Waals surface area contributed by atoms with Crippen molar-refractivity contribution in [3.8, 4) is 11.5 Å². The van der Waals surface area contributed by atoms with Crippen molar-refractivity contribution in [1.29, 1.82) is 0 Å². The number of rotatable bonds is 7. The van der Waals surface area contributed by atoms with E-state index in [1.165, 1.54) is 7.11 Å². The van der Waals surface area contributed by atoms with Crippen LogP contribution >= 0.6 is 0 Å². The smallest absolute Gasteiger partial charge is 0.259 e. The number of amides is 2. The summed E-state index contributed by atoms with van der Waals surface area (Å²) in [5.41, 5.74) is 2.05. The first-order valence-electron chi connectivity index (χ1n) is 8.92. The van der Waals surface area contributed by atoms with Crippen LogP contribution in [0.25, 0.3) is 0 Å². The van der Waals surface area contributed by atoms with Gasteiger partial charge in [0.25, 0.3) is 11.8 Å². The molecule has 0 aliphatic carbocycles. The van der Waals surface area contributed by atoms with Crippen molar-refractivity contribution in [2.75, 3.05) is 19.5 Å². The third kappa shape index (κ3) is 5.10. The SMILES string of the molecule is COc1ccc(C(=O)Nc2cccc(C(=O)NCc3ccccn3)c2)c(OC)c1. The summed E-state index contributed by atoms with van der Waals surface area (Å²) in [7, 11) is 3.02. The zero-order valence-electron chi connectivity index (χ0n) is 16.1. The highest BCUT2D eigenvalue weighted by Crippen LogP contribution is 2.25. The monoisotopic (exact) mass is 391 g/mol. The molecule has 3 aromatic rings. The molecule has 29 heavy (non-hydrogen) atoms. The molecule has 0 radical (unpaired) electrons. The molecule has 0 saturated carbocycles. The summed E-state index contributed by atoms with van der Waals surface area (Å²) in [6.45, 7) is 0.319. The lowest BCUT2D eigenvalue weighted by atomic mass is 10.1. The Morgan fingerprint density at radius 1 is 0.931 bits per heavy atom. The zero-order chi connectivity index (χ0) is 20.6. The van der Waals surface area contributed by atoms with Crippen molar-refractivity contribution in [1.82, 2.24) is 10.3 Å². The van der Waals surface area contributed by atoms with Crippen LogP contribution in [0.3, 0.4) is 0 Å². The van der Waals surface area contributed by atoms with E-state index in [2.05, 4.69) is 15.6 Å². The van der Waals surface area contributed by atoms with E-state index in [9.17, 15) is 9.59 Å². The lowest BCUT2D eigenvalue weighted by molar-refractivity contribution is 0.0949. The molecule has 0 saturated heterocycles. The predicted octanol–water partition coefficient (Wildman–Crippen LogP) is 3.28. The largest absolute Gasteiger partial charge is 0.497 e. The normalized spacial score (nSPS) is 10.1. The Morgan fingerprint density at radius 3 is 2.52 bits per heavy atom. The standard InChI is InChI=1S/C22H21N3O4/c1-28-18-9-10-19(20(13-18)29-2)22(27)25-16-8-5-6-15(12-16)21(26)24-14-17-7-3-4-11-23-17/h3-13H,14H2,1-2H3,(H,24,26)(H,25,27). The number of anilines is 1. The molecule has 0 unspecified atom stereocenters. The van der Waals surface area contributed by atoms with E-state index >= 15 is 0 Å². The van der Waals surface area contributed by atoms with Gasteiger partial charge in [-0.05, 0) is 42.5 Å². The van der Waals surface area contributed by atoms with Crippen molar-refractivity contribution in [2.24, 2.45) is 0 Å². The average molecular weight is 391 g/mol. The van der Waals surface area contributed by atoms with Crippen LogP contribution in [0.2, 0.25) is 0 Å². The maximum absolute atomic E-state index is 12.6. The Balaban J connectivity index is 1.69. The van der Waals surface area contributed by atoms with Crippen LogP contribution in [0.4, 0.5) is 5.69 Å². The second kappa shape index (κ2) is 9.36. The van der Waals surface area contributed by atoms with Crippen LogP contribution in [0.5, 0.6) is 11.5 Å². The number of benzene rings is 2. The van der Waals surface area contributed by atoms with Crippen LogP contribution in [0.1, 0.15) is 26.4 Å². The van der Waals surface area contributed by atoms with Gasteiger partial charge in [-0.2, -0.15) is 0 Å². The molecule has 2 aromatic carbocycles. The second-order valence-corrected chi connectivity index (χ2v) is 6.10. The minimum atomic E-state index is -0.351. The Bertz CT molecular complexity index is 1010. The molecular weight excluding hydrogens is 370 g/mol.